The van der Waals surface area contributed by atoms with Gasteiger partial charge in [-0.3, -0.25) is 27.3 Å². The molecular weight excluding hydrogens is 1660 g/mol. The minimum absolute atomic E-state index is 0.0128. The van der Waals surface area contributed by atoms with Crippen molar-refractivity contribution in [3.8, 4) is 34.5 Å². The molecule has 0 saturated carbocycles. The SMILES string of the molecule is CC(C)(C)c1cc2c(OCCCCS(=O)(=O)O)c(c1)Cc1cc(C(C)(C)C)cc(c1OCCCCS(=O)(=O)O)Cc1cc(C(C)(C)C)cc(c1OCCCCS(=O)(=O)O)Cc1cc(C(C)(C)C)cc(c1OCCCCS(=O)(=O)O)Cc1cc(C(C)(C)C)cc(c1OCCCCS(=O)(=O)O)Cc1cc(C(C)(C)C)cc(c1OCCCCS(=O)(=O)O)C2. The Morgan fingerprint density at radius 3 is 0.383 bits per heavy atom. The zero-order chi connectivity index (χ0) is 89.8. The summed E-state index contributed by atoms with van der Waals surface area (Å²) in [4.78, 5) is 0. The van der Waals surface area contributed by atoms with E-state index in [2.05, 4.69) is 197 Å². The van der Waals surface area contributed by atoms with Crippen molar-refractivity contribution in [3.63, 3.8) is 0 Å². The first kappa shape index (κ1) is 101. The Morgan fingerprint density at radius 1 is 0.200 bits per heavy atom. The number of hydrogen-bond acceptors (Lipinski definition) is 18. The highest BCUT2D eigenvalue weighted by Crippen LogP contribution is 2.47. The van der Waals surface area contributed by atoms with E-state index in [0.717, 1.165) is 33.4 Å². The molecule has 0 fully saturated rings. The maximum absolute atomic E-state index is 12.3. The second-order valence-electron chi connectivity index (χ2n) is 38.4. The van der Waals surface area contributed by atoms with Crippen LogP contribution >= 0.6 is 0 Å². The second-order valence-corrected chi connectivity index (χ2v) is 47.8. The summed E-state index contributed by atoms with van der Waals surface area (Å²) in [5, 5.41) is 0. The number of ether oxygens (including phenoxy) is 6. The molecule has 1 aliphatic carbocycles. The van der Waals surface area contributed by atoms with Crippen LogP contribution in [0.3, 0.4) is 0 Å². The minimum Gasteiger partial charge on any atom is -0.493 e. The van der Waals surface area contributed by atoms with Gasteiger partial charge in [0.05, 0.1) is 74.2 Å². The molecule has 0 spiro atoms. The van der Waals surface area contributed by atoms with Crippen LogP contribution in [0.2, 0.25) is 0 Å². The number of fused-ring (bicyclic) bond motifs is 12. The Morgan fingerprint density at radius 2 is 0.300 bits per heavy atom. The van der Waals surface area contributed by atoms with Crippen molar-refractivity contribution in [2.75, 3.05) is 74.2 Å². The molecule has 672 valence electrons. The van der Waals surface area contributed by atoms with E-state index in [4.69, 9.17) is 28.4 Å². The summed E-state index contributed by atoms with van der Waals surface area (Å²) in [7, 11) is -26.2. The van der Waals surface area contributed by atoms with Crippen molar-refractivity contribution in [2.45, 2.75) is 273 Å². The van der Waals surface area contributed by atoms with Gasteiger partial charge in [0.25, 0.3) is 60.7 Å². The first-order valence-electron chi connectivity index (χ1n) is 41.5. The van der Waals surface area contributed by atoms with Gasteiger partial charge in [-0.2, -0.15) is 50.5 Å². The van der Waals surface area contributed by atoms with Gasteiger partial charge in [0, 0.05) is 38.5 Å². The number of benzene rings is 6. The van der Waals surface area contributed by atoms with Crippen molar-refractivity contribution in [1.82, 2.24) is 0 Å². The molecule has 0 saturated heterocycles. The van der Waals surface area contributed by atoms with Crippen LogP contribution in [-0.4, -0.2) is 152 Å². The maximum atomic E-state index is 12.3. The molecule has 6 aromatic carbocycles. The molecule has 0 radical (unpaired) electrons. The van der Waals surface area contributed by atoms with Gasteiger partial charge in [-0.05, 0) is 210 Å². The van der Waals surface area contributed by atoms with E-state index < -0.39 is 128 Å². The van der Waals surface area contributed by atoms with Crippen LogP contribution in [-0.2, 0) is 132 Å². The van der Waals surface area contributed by atoms with Crippen LogP contribution in [0.5, 0.6) is 34.5 Å². The van der Waals surface area contributed by atoms with E-state index in [1.165, 1.54) is 0 Å². The minimum atomic E-state index is -4.37. The van der Waals surface area contributed by atoms with Crippen LogP contribution in [0, 0.1) is 0 Å². The molecule has 0 heterocycles. The van der Waals surface area contributed by atoms with Crippen LogP contribution < -0.4 is 28.4 Å². The fourth-order valence-corrected chi connectivity index (χ4v) is 17.8. The molecule has 0 amide bonds. The van der Waals surface area contributed by atoms with Crippen LogP contribution in [0.25, 0.3) is 0 Å². The molecule has 0 aliphatic heterocycles. The van der Waals surface area contributed by atoms with Crippen molar-refractivity contribution >= 4 is 60.7 Å². The number of hydrogen-bond donors (Lipinski definition) is 6. The van der Waals surface area contributed by atoms with Gasteiger partial charge in [-0.1, -0.05) is 197 Å². The van der Waals surface area contributed by atoms with Crippen LogP contribution in [0.4, 0.5) is 0 Å². The van der Waals surface area contributed by atoms with Gasteiger partial charge in [0.2, 0.25) is 0 Å². The topological polar surface area (TPSA) is 382 Å². The quantitative estimate of drug-likeness (QED) is 0.0157. The van der Waals surface area contributed by atoms with E-state index >= 15 is 0 Å². The van der Waals surface area contributed by atoms with E-state index in [-0.39, 0.29) is 155 Å². The molecule has 0 aromatic heterocycles. The van der Waals surface area contributed by atoms with Crippen molar-refractivity contribution in [2.24, 2.45) is 0 Å². The van der Waals surface area contributed by atoms with E-state index in [1.807, 2.05) is 0 Å². The summed E-state index contributed by atoms with van der Waals surface area (Å²) in [5.74, 6) is -0.428. The van der Waals surface area contributed by atoms with E-state index in [9.17, 15) is 77.8 Å². The monoisotopic (exact) mass is 1790 g/mol. The summed E-state index contributed by atoms with van der Waals surface area (Å²) in [6.45, 7) is 37.6. The van der Waals surface area contributed by atoms with Gasteiger partial charge in [-0.25, -0.2) is 0 Å². The predicted molar refractivity (Wildman–Crippen MR) is 475 cm³/mol. The fraction of sp³-hybridized carbons (Fsp3) is 0.600. The average Bonchev–Trinajstić information content (AvgIpc) is 0.765. The normalized spacial score (nSPS) is 14.0. The third-order valence-electron chi connectivity index (χ3n) is 21.2. The van der Waals surface area contributed by atoms with Crippen molar-refractivity contribution in [3.05, 3.63) is 173 Å². The molecule has 12 bridgehead atoms. The van der Waals surface area contributed by atoms with Crippen molar-refractivity contribution < 1.29 is 106 Å². The smallest absolute Gasteiger partial charge is 0.264 e. The standard InChI is InChI=1S/C90H132O24S6/c1-85(2,3)73-49-61-43-63-51-74(86(4,5)6)53-65(80(63)110-32-20-26-38-116(94,95)96)45-67-55-76(88(10,11)12)57-69(82(67)112-34-22-28-40-118(100,101)102)47-71-59-78(90(16,17)18)60-72(84(71)114-36-24-30-42-120(106,107)108)48-70-58-77(89(13,14)15)56-68(83(70)113-35-23-29-41-119(103,104)105)46-66-54-75(87(7,8)9)52-64(81(66)111-33-21-27-39-117(97,98)99)44-62(50-73)79(61)109-31-19-25-37-115(91,92)93/h49-60H,19-48H2,1-18H3,(H,91,92,93)(H,94,95,96)(H,97,98,99)(H,100,101,102)(H,103,104,105)(H,106,107,108). The summed E-state index contributed by atoms with van der Waals surface area (Å²) in [5.41, 5.74) is 10.4. The van der Waals surface area contributed by atoms with Gasteiger partial charge >= 0.3 is 0 Å². The highest BCUT2D eigenvalue weighted by Gasteiger charge is 2.33. The lowest BCUT2D eigenvalue weighted by molar-refractivity contribution is 0.297. The third-order valence-corrected chi connectivity index (χ3v) is 26.0. The van der Waals surface area contributed by atoms with Gasteiger partial charge < -0.3 is 28.4 Å². The molecular formula is C90H132O24S6. The lowest BCUT2D eigenvalue weighted by atomic mass is 9.79. The van der Waals surface area contributed by atoms with Gasteiger partial charge in [0.1, 0.15) is 34.5 Å². The molecule has 6 aromatic rings. The third kappa shape index (κ3) is 32.9. The maximum Gasteiger partial charge on any atom is 0.264 e. The fourth-order valence-electron chi connectivity index (χ4n) is 14.4. The van der Waals surface area contributed by atoms with E-state index in [0.29, 0.717) is 101 Å². The molecule has 24 nitrogen and oxygen atoms in total. The summed E-state index contributed by atoms with van der Waals surface area (Å²) < 4.78 is 250. The van der Waals surface area contributed by atoms with Crippen LogP contribution in [0.1, 0.15) is 302 Å². The first-order valence-corrected chi connectivity index (χ1v) is 51.1. The molecule has 6 N–H and O–H groups in total. The molecule has 30 heteroatoms. The summed E-state index contributed by atoms with van der Waals surface area (Å²) in [6, 6.07) is 25.2. The Labute approximate surface area is 716 Å². The van der Waals surface area contributed by atoms with Gasteiger partial charge in [0.15, 0.2) is 0 Å². The predicted octanol–water partition coefficient (Wildman–Crippen LogP) is 17.6. The summed E-state index contributed by atoms with van der Waals surface area (Å²) >= 11 is 0. The van der Waals surface area contributed by atoms with Gasteiger partial charge in [-0.15, -0.1) is 0 Å². The lowest BCUT2D eigenvalue weighted by Crippen LogP contribution is -2.18. The Bertz CT molecular complexity index is 4290. The van der Waals surface area contributed by atoms with Crippen molar-refractivity contribution in [1.29, 1.82) is 0 Å². The molecule has 0 atom stereocenters. The zero-order valence-electron chi connectivity index (χ0n) is 73.6. The molecule has 0 unspecified atom stereocenters. The number of rotatable bonds is 36. The Kier molecular flexibility index (Phi) is 34.1. The second kappa shape index (κ2) is 40.7. The summed E-state index contributed by atoms with van der Waals surface area (Å²) in [6.07, 6.45) is 2.20. The Hall–Kier alpha value is -6.42. The lowest BCUT2D eigenvalue weighted by Gasteiger charge is -2.29. The first-order chi connectivity index (χ1) is 55.0. The largest absolute Gasteiger partial charge is 0.493 e. The molecule has 120 heavy (non-hydrogen) atoms. The Balaban J connectivity index is 1.78. The number of unbranched alkanes of at least 4 members (excludes halogenated alkanes) is 6. The highest BCUT2D eigenvalue weighted by atomic mass is 32.2. The zero-order valence-corrected chi connectivity index (χ0v) is 78.5. The molecule has 1 aliphatic rings. The van der Waals surface area contributed by atoms with E-state index in [1.54, 1.807) is 0 Å². The van der Waals surface area contributed by atoms with Crippen LogP contribution in [0.15, 0.2) is 72.8 Å². The average molecular weight is 1790 g/mol. The molecule has 7 rings (SSSR count). The highest BCUT2D eigenvalue weighted by molar-refractivity contribution is 7.87.